The van der Waals surface area contributed by atoms with E-state index in [9.17, 15) is 9.59 Å². The quantitative estimate of drug-likeness (QED) is 0.625. The van der Waals surface area contributed by atoms with E-state index in [0.29, 0.717) is 11.2 Å². The second-order valence-electron chi connectivity index (χ2n) is 5.40. The van der Waals surface area contributed by atoms with Gasteiger partial charge in [-0.3, -0.25) is 4.79 Å². The number of aromatic nitrogens is 4. The maximum Gasteiger partial charge on any atom is 0.346 e. The zero-order valence-electron chi connectivity index (χ0n) is 14.8. The minimum Gasteiger partial charge on any atom is -0.496 e. The van der Waals surface area contributed by atoms with Gasteiger partial charge in [0.15, 0.2) is 17.6 Å². The molecule has 1 amide bonds. The molecule has 10 heteroatoms. The van der Waals surface area contributed by atoms with Gasteiger partial charge in [-0.15, -0.1) is 0 Å². The van der Waals surface area contributed by atoms with E-state index in [4.69, 9.17) is 14.2 Å². The largest absolute Gasteiger partial charge is 0.496 e. The third kappa shape index (κ3) is 3.64. The van der Waals surface area contributed by atoms with Gasteiger partial charge in [0.1, 0.15) is 28.9 Å². The topological polar surface area (TPSA) is 128 Å². The Balaban J connectivity index is 1.75. The van der Waals surface area contributed by atoms with Crippen LogP contribution in [0.25, 0.3) is 11.2 Å². The lowest BCUT2D eigenvalue weighted by molar-refractivity contribution is -0.123. The van der Waals surface area contributed by atoms with Crippen molar-refractivity contribution in [1.29, 1.82) is 0 Å². The fourth-order valence-electron chi connectivity index (χ4n) is 2.40. The van der Waals surface area contributed by atoms with Gasteiger partial charge >= 0.3 is 5.97 Å². The number of hydrogen-bond acceptors (Lipinski definition) is 8. The Bertz CT molecular complexity index is 965. The SMILES string of the molecule is COc1cccc(OC)c1C(=O)OC(C)C(=O)Nc1ncnc2nc[nH]c12. The molecule has 0 saturated heterocycles. The zero-order chi connectivity index (χ0) is 19.4. The van der Waals surface area contributed by atoms with Gasteiger partial charge in [0.25, 0.3) is 5.91 Å². The summed E-state index contributed by atoms with van der Waals surface area (Å²) < 4.78 is 15.6. The van der Waals surface area contributed by atoms with E-state index in [2.05, 4.69) is 25.3 Å². The van der Waals surface area contributed by atoms with E-state index in [0.717, 1.165) is 0 Å². The zero-order valence-corrected chi connectivity index (χ0v) is 14.8. The highest BCUT2D eigenvalue weighted by atomic mass is 16.6. The molecule has 0 saturated carbocycles. The van der Waals surface area contributed by atoms with Crippen LogP contribution in [0.1, 0.15) is 17.3 Å². The molecule has 2 aromatic heterocycles. The molecule has 1 unspecified atom stereocenters. The Morgan fingerprint density at radius 2 is 1.81 bits per heavy atom. The average Bonchev–Trinajstić information content (AvgIpc) is 3.16. The molecule has 10 nitrogen and oxygen atoms in total. The van der Waals surface area contributed by atoms with Crippen molar-refractivity contribution in [1.82, 2.24) is 19.9 Å². The number of hydrogen-bond donors (Lipinski definition) is 2. The normalized spacial score (nSPS) is 11.7. The standard InChI is InChI=1S/C17H17N5O5/c1-9(16(23)22-15-13-14(19-7-18-13)20-8-21-15)27-17(24)12-10(25-2)5-4-6-11(12)26-3/h4-9H,1-3H3,(H2,18,19,20,21,22,23). The average molecular weight is 371 g/mol. The first kappa shape index (κ1) is 18.1. The van der Waals surface area contributed by atoms with E-state index in [1.807, 2.05) is 0 Å². The van der Waals surface area contributed by atoms with Gasteiger partial charge in [-0.1, -0.05) is 6.07 Å². The minimum absolute atomic E-state index is 0.0974. The number of aromatic amines is 1. The Labute approximate surface area is 153 Å². The third-order valence-electron chi connectivity index (χ3n) is 3.75. The number of ether oxygens (including phenoxy) is 3. The van der Waals surface area contributed by atoms with Gasteiger partial charge < -0.3 is 24.5 Å². The molecule has 0 bridgehead atoms. The third-order valence-corrected chi connectivity index (χ3v) is 3.75. The summed E-state index contributed by atoms with van der Waals surface area (Å²) in [6, 6.07) is 4.87. The summed E-state index contributed by atoms with van der Waals surface area (Å²) in [6.07, 6.45) is 1.61. The van der Waals surface area contributed by atoms with Crippen LogP contribution < -0.4 is 14.8 Å². The van der Waals surface area contributed by atoms with Crippen LogP contribution in [0, 0.1) is 0 Å². The lowest BCUT2D eigenvalue weighted by Gasteiger charge is -2.16. The molecular formula is C17H17N5O5. The number of nitrogens with zero attached hydrogens (tertiary/aromatic N) is 3. The van der Waals surface area contributed by atoms with Crippen LogP contribution >= 0.6 is 0 Å². The monoisotopic (exact) mass is 371 g/mol. The van der Waals surface area contributed by atoms with Crippen molar-refractivity contribution in [2.45, 2.75) is 13.0 Å². The number of rotatable bonds is 6. The van der Waals surface area contributed by atoms with Gasteiger partial charge in [0.2, 0.25) is 0 Å². The molecule has 1 aromatic carbocycles. The lowest BCUT2D eigenvalue weighted by Crippen LogP contribution is -2.30. The Morgan fingerprint density at radius 3 is 2.48 bits per heavy atom. The van der Waals surface area contributed by atoms with Crippen molar-refractivity contribution >= 4 is 28.9 Å². The van der Waals surface area contributed by atoms with E-state index in [1.54, 1.807) is 18.2 Å². The second kappa shape index (κ2) is 7.68. The van der Waals surface area contributed by atoms with Crippen LogP contribution in [0.2, 0.25) is 0 Å². The number of H-pyrrole nitrogens is 1. The molecule has 2 heterocycles. The van der Waals surface area contributed by atoms with Gasteiger partial charge in [-0.25, -0.2) is 19.7 Å². The number of fused-ring (bicyclic) bond motifs is 1. The lowest BCUT2D eigenvalue weighted by atomic mass is 10.1. The van der Waals surface area contributed by atoms with Crippen molar-refractivity contribution < 1.29 is 23.8 Å². The second-order valence-corrected chi connectivity index (χ2v) is 5.40. The smallest absolute Gasteiger partial charge is 0.346 e. The maximum atomic E-state index is 12.5. The molecule has 3 aromatic rings. The van der Waals surface area contributed by atoms with E-state index in [-0.39, 0.29) is 22.9 Å². The number of carbonyl (C=O) groups is 2. The molecular weight excluding hydrogens is 354 g/mol. The molecule has 0 radical (unpaired) electrons. The molecule has 3 rings (SSSR count). The first-order chi connectivity index (χ1) is 13.0. The van der Waals surface area contributed by atoms with Crippen molar-refractivity contribution in [3.05, 3.63) is 36.4 Å². The van der Waals surface area contributed by atoms with Gasteiger partial charge in [0, 0.05) is 0 Å². The molecule has 1 atom stereocenters. The first-order valence-electron chi connectivity index (χ1n) is 7.92. The minimum atomic E-state index is -1.10. The van der Waals surface area contributed by atoms with Crippen molar-refractivity contribution in [2.75, 3.05) is 19.5 Å². The summed E-state index contributed by atoms with van der Waals surface area (Å²) in [7, 11) is 2.85. The molecule has 0 fully saturated rings. The molecule has 2 N–H and O–H groups in total. The first-order valence-corrected chi connectivity index (χ1v) is 7.92. The Morgan fingerprint density at radius 1 is 1.11 bits per heavy atom. The highest BCUT2D eigenvalue weighted by Crippen LogP contribution is 2.29. The Kier molecular flexibility index (Phi) is 5.15. The highest BCUT2D eigenvalue weighted by molar-refractivity contribution is 6.01. The van der Waals surface area contributed by atoms with E-state index in [1.165, 1.54) is 33.8 Å². The molecule has 0 aliphatic carbocycles. The molecule has 27 heavy (non-hydrogen) atoms. The number of nitrogens with one attached hydrogen (secondary N) is 2. The molecule has 140 valence electrons. The Hall–Kier alpha value is -3.69. The molecule has 0 aliphatic heterocycles. The van der Waals surface area contributed by atoms with E-state index < -0.39 is 18.0 Å². The van der Waals surface area contributed by atoms with Crippen LogP contribution in [0.5, 0.6) is 11.5 Å². The summed E-state index contributed by atoms with van der Waals surface area (Å²) in [4.78, 5) is 39.7. The van der Waals surface area contributed by atoms with E-state index >= 15 is 0 Å². The van der Waals surface area contributed by atoms with Crippen LogP contribution in [0.15, 0.2) is 30.9 Å². The molecule has 0 aliphatic rings. The van der Waals surface area contributed by atoms with Gasteiger partial charge in [-0.05, 0) is 19.1 Å². The number of esters is 1. The number of carbonyl (C=O) groups excluding carboxylic acids is 2. The number of benzene rings is 1. The van der Waals surface area contributed by atoms with Crippen LogP contribution in [0.3, 0.4) is 0 Å². The van der Waals surface area contributed by atoms with Crippen molar-refractivity contribution in [3.63, 3.8) is 0 Å². The predicted octanol–water partition coefficient (Wildman–Crippen LogP) is 1.55. The summed E-state index contributed by atoms with van der Waals surface area (Å²) in [6.45, 7) is 1.44. The van der Waals surface area contributed by atoms with Crippen molar-refractivity contribution in [3.8, 4) is 11.5 Å². The summed E-state index contributed by atoms with van der Waals surface area (Å²) in [5, 5.41) is 2.58. The summed E-state index contributed by atoms with van der Waals surface area (Å²) in [5.41, 5.74) is 0.972. The maximum absolute atomic E-state index is 12.5. The fourth-order valence-corrected chi connectivity index (χ4v) is 2.40. The number of imidazole rings is 1. The van der Waals surface area contributed by atoms with Crippen LogP contribution in [0.4, 0.5) is 5.82 Å². The van der Waals surface area contributed by atoms with Crippen LogP contribution in [-0.4, -0.2) is 52.1 Å². The molecule has 0 spiro atoms. The summed E-state index contributed by atoms with van der Waals surface area (Å²) in [5.74, 6) is -0.516. The number of anilines is 1. The predicted molar refractivity (Wildman–Crippen MR) is 94.7 cm³/mol. The van der Waals surface area contributed by atoms with Crippen LogP contribution in [-0.2, 0) is 9.53 Å². The van der Waals surface area contributed by atoms with Crippen molar-refractivity contribution in [2.24, 2.45) is 0 Å². The van der Waals surface area contributed by atoms with Gasteiger partial charge in [0.05, 0.1) is 20.5 Å². The summed E-state index contributed by atoms with van der Waals surface area (Å²) >= 11 is 0. The fraction of sp³-hybridized carbons (Fsp3) is 0.235. The highest BCUT2D eigenvalue weighted by Gasteiger charge is 2.25. The number of amides is 1. The van der Waals surface area contributed by atoms with Gasteiger partial charge in [-0.2, -0.15) is 0 Å². The number of methoxy groups -OCH3 is 2.